The third kappa shape index (κ3) is 4.29. The van der Waals surface area contributed by atoms with Crippen LogP contribution in [-0.2, 0) is 4.74 Å². The number of nitrogens with one attached hydrogen (secondary N) is 1. The molecule has 7 nitrogen and oxygen atoms in total. The monoisotopic (exact) mass is 470 g/mol. The van der Waals surface area contributed by atoms with Crippen molar-refractivity contribution in [3.63, 3.8) is 0 Å². The first kappa shape index (κ1) is 22.8. The summed E-state index contributed by atoms with van der Waals surface area (Å²) in [7, 11) is 0. The Morgan fingerprint density at radius 2 is 1.88 bits per heavy atom. The minimum absolute atomic E-state index is 0.000251. The van der Waals surface area contributed by atoms with E-state index in [1.165, 1.54) is 10.6 Å². The fraction of sp³-hybridized carbons (Fsp3) is 0.520. The number of H-pyrrole nitrogens is 1. The number of fused-ring (bicyclic) bond motifs is 1. The predicted octanol–water partition coefficient (Wildman–Crippen LogP) is 4.32. The van der Waals surface area contributed by atoms with E-state index in [4.69, 9.17) is 9.84 Å². The molecule has 0 aromatic carbocycles. The van der Waals surface area contributed by atoms with E-state index in [2.05, 4.69) is 9.97 Å². The molecule has 3 aromatic heterocycles. The van der Waals surface area contributed by atoms with E-state index in [9.17, 15) is 18.4 Å². The van der Waals surface area contributed by atoms with Gasteiger partial charge in [-0.1, -0.05) is 0 Å². The Bertz CT molecular complexity index is 1340. The van der Waals surface area contributed by atoms with Gasteiger partial charge in [-0.15, -0.1) is 0 Å². The Morgan fingerprint density at radius 1 is 1.12 bits per heavy atom. The second-order valence-corrected chi connectivity index (χ2v) is 9.58. The van der Waals surface area contributed by atoms with E-state index < -0.39 is 5.92 Å². The van der Waals surface area contributed by atoms with Crippen LogP contribution in [0.2, 0.25) is 0 Å². The van der Waals surface area contributed by atoms with Crippen LogP contribution in [0.15, 0.2) is 34.0 Å². The van der Waals surface area contributed by atoms with Gasteiger partial charge in [-0.3, -0.25) is 9.59 Å². The Labute approximate surface area is 195 Å². The summed E-state index contributed by atoms with van der Waals surface area (Å²) in [6.45, 7) is 4.00. The van der Waals surface area contributed by atoms with Gasteiger partial charge in [0.1, 0.15) is 0 Å². The topological polar surface area (TPSA) is 89.3 Å². The summed E-state index contributed by atoms with van der Waals surface area (Å²) in [5.74, 6) is -2.74. The number of alkyl halides is 2. The number of hydrogen-bond donors (Lipinski definition) is 1. The Balaban J connectivity index is 1.57. The number of ether oxygens (including phenoxy) is 1. The number of aromatic amines is 1. The number of aryl methyl sites for hydroxylation is 1. The van der Waals surface area contributed by atoms with Crippen LogP contribution in [0, 0.1) is 13.8 Å². The molecule has 2 atom stereocenters. The molecule has 1 aliphatic heterocycles. The smallest absolute Gasteiger partial charge is 0.277 e. The van der Waals surface area contributed by atoms with Gasteiger partial charge in [-0.25, -0.2) is 13.8 Å². The molecule has 2 fully saturated rings. The summed E-state index contributed by atoms with van der Waals surface area (Å²) in [5.41, 5.74) is 3.56. The van der Waals surface area contributed by atoms with Crippen molar-refractivity contribution in [1.82, 2.24) is 19.6 Å². The van der Waals surface area contributed by atoms with E-state index in [1.807, 2.05) is 12.1 Å². The fourth-order valence-electron chi connectivity index (χ4n) is 5.16. The lowest BCUT2D eigenvalue weighted by atomic mass is 9.81. The van der Waals surface area contributed by atoms with Crippen LogP contribution in [0.25, 0.3) is 5.65 Å². The zero-order chi connectivity index (χ0) is 24.0. The van der Waals surface area contributed by atoms with Gasteiger partial charge in [-0.05, 0) is 63.1 Å². The van der Waals surface area contributed by atoms with Crippen LogP contribution in [-0.4, -0.2) is 32.1 Å². The Kier molecular flexibility index (Phi) is 5.83. The van der Waals surface area contributed by atoms with Gasteiger partial charge in [0, 0.05) is 54.5 Å². The van der Waals surface area contributed by atoms with Gasteiger partial charge >= 0.3 is 0 Å². The highest BCUT2D eigenvalue weighted by molar-refractivity contribution is 5.51. The van der Waals surface area contributed by atoms with Crippen molar-refractivity contribution in [3.05, 3.63) is 73.2 Å². The zero-order valence-corrected chi connectivity index (χ0v) is 19.3. The largest absolute Gasteiger partial charge is 0.373 e. The summed E-state index contributed by atoms with van der Waals surface area (Å²) < 4.78 is 35.0. The van der Waals surface area contributed by atoms with E-state index >= 15 is 0 Å². The lowest BCUT2D eigenvalue weighted by Gasteiger charge is -2.31. The fourth-order valence-corrected chi connectivity index (χ4v) is 5.16. The summed E-state index contributed by atoms with van der Waals surface area (Å²) in [5, 5.41) is 4.70. The zero-order valence-electron chi connectivity index (χ0n) is 19.3. The molecule has 1 saturated heterocycles. The third-order valence-electron chi connectivity index (χ3n) is 7.34. The molecule has 0 amide bonds. The molecule has 1 saturated carbocycles. The molecule has 180 valence electrons. The summed E-state index contributed by atoms with van der Waals surface area (Å²) in [4.78, 5) is 32.2. The van der Waals surface area contributed by atoms with Crippen molar-refractivity contribution in [2.75, 3.05) is 6.61 Å². The molecule has 34 heavy (non-hydrogen) atoms. The number of pyridine rings is 1. The second-order valence-electron chi connectivity index (χ2n) is 9.58. The maximum absolute atomic E-state index is 13.9. The van der Waals surface area contributed by atoms with E-state index in [0.29, 0.717) is 49.2 Å². The maximum Gasteiger partial charge on any atom is 0.277 e. The summed E-state index contributed by atoms with van der Waals surface area (Å²) in [6, 6.07) is 5.33. The first-order valence-corrected chi connectivity index (χ1v) is 11.8. The third-order valence-corrected chi connectivity index (χ3v) is 7.34. The van der Waals surface area contributed by atoms with E-state index in [-0.39, 0.29) is 41.9 Å². The molecule has 1 N–H and O–H groups in total. The molecule has 9 heteroatoms. The van der Waals surface area contributed by atoms with Crippen molar-refractivity contribution >= 4 is 5.65 Å². The number of rotatable bonds is 3. The highest BCUT2D eigenvalue weighted by Gasteiger charge is 2.37. The Morgan fingerprint density at radius 3 is 2.62 bits per heavy atom. The molecule has 2 aliphatic rings. The second kappa shape index (κ2) is 8.69. The molecule has 3 aromatic rings. The SMILES string of the molecule is Cc1nc2c(C3CCC(F)(F)CC3)cc(C3CCOC(c4cc[nH]c(=O)c4)C3)nn2c(=O)c1C. The van der Waals surface area contributed by atoms with Crippen molar-refractivity contribution in [1.29, 1.82) is 0 Å². The van der Waals surface area contributed by atoms with Gasteiger partial charge in [-0.2, -0.15) is 9.61 Å². The molecular formula is C25H28F2N4O3. The molecule has 0 bridgehead atoms. The van der Waals surface area contributed by atoms with Crippen LogP contribution >= 0.6 is 0 Å². The van der Waals surface area contributed by atoms with Gasteiger partial charge in [0.15, 0.2) is 5.65 Å². The molecule has 5 rings (SSSR count). The predicted molar refractivity (Wildman–Crippen MR) is 123 cm³/mol. The van der Waals surface area contributed by atoms with Crippen molar-refractivity contribution in [3.8, 4) is 0 Å². The van der Waals surface area contributed by atoms with E-state index in [1.54, 1.807) is 20.0 Å². The number of hydrogen-bond acceptors (Lipinski definition) is 5. The van der Waals surface area contributed by atoms with E-state index in [0.717, 1.165) is 16.8 Å². The van der Waals surface area contributed by atoms with Crippen LogP contribution in [0.5, 0.6) is 0 Å². The Hall–Kier alpha value is -2.94. The molecule has 1 aliphatic carbocycles. The van der Waals surface area contributed by atoms with Crippen molar-refractivity contribution in [2.45, 2.75) is 76.2 Å². The van der Waals surface area contributed by atoms with Crippen molar-refractivity contribution in [2.24, 2.45) is 0 Å². The van der Waals surface area contributed by atoms with Gasteiger partial charge in [0.25, 0.3) is 5.56 Å². The number of nitrogens with zero attached hydrogens (tertiary/aromatic N) is 3. The summed E-state index contributed by atoms with van der Waals surface area (Å²) >= 11 is 0. The lowest BCUT2D eigenvalue weighted by molar-refractivity contribution is -0.0382. The van der Waals surface area contributed by atoms with Crippen LogP contribution in [0.4, 0.5) is 8.78 Å². The van der Waals surface area contributed by atoms with Crippen LogP contribution < -0.4 is 11.1 Å². The minimum Gasteiger partial charge on any atom is -0.373 e. The molecule has 0 spiro atoms. The minimum atomic E-state index is -2.64. The normalized spacial score (nSPS) is 23.3. The van der Waals surface area contributed by atoms with Crippen LogP contribution in [0.3, 0.4) is 0 Å². The average Bonchev–Trinajstić information content (AvgIpc) is 2.82. The molecule has 4 heterocycles. The number of aromatic nitrogens is 4. The highest BCUT2D eigenvalue weighted by atomic mass is 19.3. The first-order chi connectivity index (χ1) is 16.2. The molecule has 0 radical (unpaired) electrons. The molecular weight excluding hydrogens is 442 g/mol. The van der Waals surface area contributed by atoms with Gasteiger partial charge < -0.3 is 9.72 Å². The average molecular weight is 471 g/mol. The highest BCUT2D eigenvalue weighted by Crippen LogP contribution is 2.43. The van der Waals surface area contributed by atoms with Crippen LogP contribution in [0.1, 0.15) is 84.5 Å². The lowest BCUT2D eigenvalue weighted by Crippen LogP contribution is -2.28. The van der Waals surface area contributed by atoms with Gasteiger partial charge in [0.05, 0.1) is 11.8 Å². The molecule has 2 unspecified atom stereocenters. The maximum atomic E-state index is 13.9. The number of halogens is 2. The standard InChI is InChI=1S/C25H28F2N4O3/c1-14-15(2)29-23-19(16-3-7-25(26,27)8-4-16)13-20(30-31(23)24(14)33)17-6-10-34-21(11-17)18-5-9-28-22(32)12-18/h5,9,12-13,16-17,21H,3-4,6-8,10-11H2,1-2H3,(H,28,32). The summed E-state index contributed by atoms with van der Waals surface area (Å²) in [6.07, 6.45) is 3.02. The first-order valence-electron chi connectivity index (χ1n) is 11.8. The quantitative estimate of drug-likeness (QED) is 0.616. The van der Waals surface area contributed by atoms with Gasteiger partial charge in [0.2, 0.25) is 11.5 Å². The van der Waals surface area contributed by atoms with Crippen molar-refractivity contribution < 1.29 is 13.5 Å².